The third-order valence-corrected chi connectivity index (χ3v) is 2.79. The largest absolute Gasteiger partial charge is 0.493 e. The zero-order valence-electron chi connectivity index (χ0n) is 12.7. The van der Waals surface area contributed by atoms with Gasteiger partial charge < -0.3 is 14.8 Å². The summed E-state index contributed by atoms with van der Waals surface area (Å²) in [5.74, 6) is 1.49. The minimum Gasteiger partial charge on any atom is -0.493 e. The van der Waals surface area contributed by atoms with Crippen LogP contribution in [0, 0.1) is 0 Å². The summed E-state index contributed by atoms with van der Waals surface area (Å²) in [6.45, 7) is 10.4. The Morgan fingerprint density at radius 1 is 1.35 bits per heavy atom. The van der Waals surface area contributed by atoms with Gasteiger partial charge in [0.15, 0.2) is 11.5 Å². The minimum atomic E-state index is 0.478. The predicted molar refractivity (Wildman–Crippen MR) is 85.5 cm³/mol. The second kappa shape index (κ2) is 9.21. The number of nitrogens with one attached hydrogen (secondary N) is 1. The molecule has 110 valence electrons. The van der Waals surface area contributed by atoms with Crippen LogP contribution in [0.1, 0.15) is 25.8 Å². The Bertz CT molecular complexity index is 452. The average molecular weight is 275 g/mol. The quantitative estimate of drug-likeness (QED) is 0.551. The van der Waals surface area contributed by atoms with Crippen molar-refractivity contribution in [2.75, 3.05) is 26.8 Å². The van der Waals surface area contributed by atoms with E-state index in [0.717, 1.165) is 36.6 Å². The topological polar surface area (TPSA) is 30.5 Å². The van der Waals surface area contributed by atoms with Gasteiger partial charge in [0.2, 0.25) is 0 Å². The molecular formula is C17H25NO2. The Kier molecular flexibility index (Phi) is 7.51. The van der Waals surface area contributed by atoms with Gasteiger partial charge in [0, 0.05) is 6.54 Å². The van der Waals surface area contributed by atoms with Crippen molar-refractivity contribution in [2.24, 2.45) is 0 Å². The van der Waals surface area contributed by atoms with Gasteiger partial charge in [-0.05, 0) is 37.6 Å². The lowest BCUT2D eigenvalue weighted by Crippen LogP contribution is -2.16. The number of hydrogen-bond acceptors (Lipinski definition) is 3. The Morgan fingerprint density at radius 3 is 2.80 bits per heavy atom. The molecule has 0 bridgehead atoms. The van der Waals surface area contributed by atoms with Crippen molar-refractivity contribution < 1.29 is 9.47 Å². The molecule has 1 aromatic carbocycles. The first-order valence-corrected chi connectivity index (χ1v) is 7.00. The molecule has 0 amide bonds. The molecule has 1 rings (SSSR count). The van der Waals surface area contributed by atoms with E-state index in [1.165, 1.54) is 5.57 Å². The summed E-state index contributed by atoms with van der Waals surface area (Å²) < 4.78 is 10.9. The SMILES string of the molecule is C=CCOc1ccc(C=C(C)CNCCC)cc1OC. The second-order valence-corrected chi connectivity index (χ2v) is 4.68. The molecule has 0 atom stereocenters. The minimum absolute atomic E-state index is 0.478. The van der Waals surface area contributed by atoms with Gasteiger partial charge in [-0.15, -0.1) is 0 Å². The van der Waals surface area contributed by atoms with Crippen LogP contribution in [0.15, 0.2) is 36.4 Å². The number of benzene rings is 1. The van der Waals surface area contributed by atoms with E-state index in [4.69, 9.17) is 9.47 Å². The van der Waals surface area contributed by atoms with Crippen molar-refractivity contribution in [3.8, 4) is 11.5 Å². The van der Waals surface area contributed by atoms with Crippen molar-refractivity contribution in [1.29, 1.82) is 0 Å². The molecule has 0 aliphatic carbocycles. The summed E-state index contributed by atoms with van der Waals surface area (Å²) in [7, 11) is 1.65. The summed E-state index contributed by atoms with van der Waals surface area (Å²) in [6, 6.07) is 5.95. The van der Waals surface area contributed by atoms with Gasteiger partial charge in [0.05, 0.1) is 7.11 Å². The van der Waals surface area contributed by atoms with E-state index < -0.39 is 0 Å². The third kappa shape index (κ3) is 5.49. The van der Waals surface area contributed by atoms with E-state index in [1.54, 1.807) is 13.2 Å². The zero-order valence-corrected chi connectivity index (χ0v) is 12.7. The predicted octanol–water partition coefficient (Wildman–Crippen LogP) is 3.66. The Morgan fingerprint density at radius 2 is 2.15 bits per heavy atom. The third-order valence-electron chi connectivity index (χ3n) is 2.79. The molecule has 0 fully saturated rings. The van der Waals surface area contributed by atoms with E-state index in [9.17, 15) is 0 Å². The Hall–Kier alpha value is -1.74. The van der Waals surface area contributed by atoms with Gasteiger partial charge in [-0.3, -0.25) is 0 Å². The van der Waals surface area contributed by atoms with Gasteiger partial charge in [-0.25, -0.2) is 0 Å². The molecule has 0 spiro atoms. The second-order valence-electron chi connectivity index (χ2n) is 4.68. The Labute approximate surface area is 122 Å². The summed E-state index contributed by atoms with van der Waals surface area (Å²) in [6.07, 6.45) is 5.02. The van der Waals surface area contributed by atoms with E-state index in [0.29, 0.717) is 6.61 Å². The lowest BCUT2D eigenvalue weighted by molar-refractivity contribution is 0.326. The first-order valence-electron chi connectivity index (χ1n) is 7.00. The van der Waals surface area contributed by atoms with Gasteiger partial charge in [-0.2, -0.15) is 0 Å². The molecule has 0 unspecified atom stereocenters. The maximum Gasteiger partial charge on any atom is 0.161 e. The highest BCUT2D eigenvalue weighted by Gasteiger charge is 2.04. The van der Waals surface area contributed by atoms with Crippen LogP contribution in [0.3, 0.4) is 0 Å². The fourth-order valence-corrected chi connectivity index (χ4v) is 1.84. The van der Waals surface area contributed by atoms with Gasteiger partial charge in [-0.1, -0.05) is 37.3 Å². The van der Waals surface area contributed by atoms with Crippen LogP contribution in [-0.4, -0.2) is 26.8 Å². The fourth-order valence-electron chi connectivity index (χ4n) is 1.84. The van der Waals surface area contributed by atoms with Crippen LogP contribution in [0.2, 0.25) is 0 Å². The van der Waals surface area contributed by atoms with E-state index in [2.05, 4.69) is 31.8 Å². The average Bonchev–Trinajstić information content (AvgIpc) is 2.46. The van der Waals surface area contributed by atoms with Crippen molar-refractivity contribution >= 4 is 6.08 Å². The van der Waals surface area contributed by atoms with E-state index in [1.807, 2.05) is 18.2 Å². The van der Waals surface area contributed by atoms with Crippen LogP contribution < -0.4 is 14.8 Å². The summed E-state index contributed by atoms with van der Waals surface area (Å²) in [4.78, 5) is 0. The molecule has 0 saturated carbocycles. The highest BCUT2D eigenvalue weighted by molar-refractivity contribution is 5.58. The van der Waals surface area contributed by atoms with Crippen LogP contribution in [0.5, 0.6) is 11.5 Å². The molecule has 0 aliphatic rings. The smallest absolute Gasteiger partial charge is 0.161 e. The fraction of sp³-hybridized carbons (Fsp3) is 0.412. The van der Waals surface area contributed by atoms with Crippen LogP contribution in [0.4, 0.5) is 0 Å². The summed E-state index contributed by atoms with van der Waals surface area (Å²) in [5.41, 5.74) is 2.41. The number of methoxy groups -OCH3 is 1. The lowest BCUT2D eigenvalue weighted by Gasteiger charge is -2.10. The number of hydrogen-bond donors (Lipinski definition) is 1. The van der Waals surface area contributed by atoms with Crippen molar-refractivity contribution in [3.63, 3.8) is 0 Å². The zero-order chi connectivity index (χ0) is 14.8. The van der Waals surface area contributed by atoms with E-state index >= 15 is 0 Å². The van der Waals surface area contributed by atoms with Crippen LogP contribution >= 0.6 is 0 Å². The monoisotopic (exact) mass is 275 g/mol. The van der Waals surface area contributed by atoms with Crippen LogP contribution in [0.25, 0.3) is 6.08 Å². The molecule has 3 heteroatoms. The van der Waals surface area contributed by atoms with Crippen molar-refractivity contribution in [1.82, 2.24) is 5.32 Å². The molecule has 0 heterocycles. The van der Waals surface area contributed by atoms with Crippen LogP contribution in [-0.2, 0) is 0 Å². The standard InChI is InChI=1S/C17H25NO2/c1-5-9-18-13-14(3)11-15-7-8-16(20-10-6-2)17(12-15)19-4/h6-8,11-12,18H,2,5,9-10,13H2,1,3-4H3. The molecule has 0 saturated heterocycles. The van der Waals surface area contributed by atoms with Crippen molar-refractivity contribution in [3.05, 3.63) is 42.0 Å². The molecule has 0 radical (unpaired) electrons. The molecule has 1 N–H and O–H groups in total. The molecule has 0 aromatic heterocycles. The number of ether oxygens (including phenoxy) is 2. The molecule has 20 heavy (non-hydrogen) atoms. The summed E-state index contributed by atoms with van der Waals surface area (Å²) in [5, 5.41) is 3.39. The molecule has 0 aliphatic heterocycles. The molecule has 1 aromatic rings. The maximum absolute atomic E-state index is 5.54. The normalized spacial score (nSPS) is 11.2. The first-order chi connectivity index (χ1) is 9.71. The van der Waals surface area contributed by atoms with Gasteiger partial charge in [0.25, 0.3) is 0 Å². The highest BCUT2D eigenvalue weighted by atomic mass is 16.5. The van der Waals surface area contributed by atoms with Gasteiger partial charge >= 0.3 is 0 Å². The van der Waals surface area contributed by atoms with E-state index in [-0.39, 0.29) is 0 Å². The first kappa shape index (κ1) is 16.3. The molecular weight excluding hydrogens is 250 g/mol. The lowest BCUT2D eigenvalue weighted by atomic mass is 10.1. The highest BCUT2D eigenvalue weighted by Crippen LogP contribution is 2.28. The van der Waals surface area contributed by atoms with Gasteiger partial charge in [0.1, 0.15) is 6.61 Å². The van der Waals surface area contributed by atoms with Crippen molar-refractivity contribution in [2.45, 2.75) is 20.3 Å². The molecule has 3 nitrogen and oxygen atoms in total. The Balaban J connectivity index is 2.75. The maximum atomic E-state index is 5.54. The number of rotatable bonds is 9. The summed E-state index contributed by atoms with van der Waals surface area (Å²) >= 11 is 0.